The molecule has 0 radical (unpaired) electrons. The molecule has 1 aliphatic rings. The van der Waals surface area contributed by atoms with Gasteiger partial charge in [-0.05, 0) is 43.8 Å². The Morgan fingerprint density at radius 2 is 1.62 bits per heavy atom. The maximum atomic E-state index is 11.9. The fraction of sp³-hybridized carbons (Fsp3) is 0.941. The van der Waals surface area contributed by atoms with Gasteiger partial charge in [-0.1, -0.05) is 40.0 Å². The molecule has 0 unspecified atom stereocenters. The second-order valence-corrected chi connectivity index (χ2v) is 13.0. The Morgan fingerprint density at radius 3 is 2.05 bits per heavy atom. The normalized spacial score (nSPS) is 20.9. The van der Waals surface area contributed by atoms with Crippen LogP contribution < -0.4 is 0 Å². The molecule has 1 aliphatic carbocycles. The van der Waals surface area contributed by atoms with E-state index in [1.165, 1.54) is 39.2 Å². The zero-order valence-corrected chi connectivity index (χ0v) is 16.0. The number of methoxy groups -OCH3 is 1. The number of rotatable bonds is 5. The number of hydrogen-bond acceptors (Lipinski definition) is 3. The van der Waals surface area contributed by atoms with Crippen molar-refractivity contribution in [2.45, 2.75) is 90.0 Å². The Morgan fingerprint density at radius 1 is 1.10 bits per heavy atom. The van der Waals surface area contributed by atoms with E-state index in [9.17, 15) is 4.79 Å². The van der Waals surface area contributed by atoms with Crippen LogP contribution in [0.3, 0.4) is 0 Å². The number of hydrogen-bond donors (Lipinski definition) is 0. The molecule has 0 aromatic heterocycles. The Labute approximate surface area is 131 Å². The molecule has 0 N–H and O–H groups in total. The van der Waals surface area contributed by atoms with Crippen LogP contribution in [0.2, 0.25) is 18.1 Å². The lowest BCUT2D eigenvalue weighted by Crippen LogP contribution is -2.53. The molecule has 0 saturated heterocycles. The zero-order chi connectivity index (χ0) is 16.3. The third-order valence-electron chi connectivity index (χ3n) is 5.49. The van der Waals surface area contributed by atoms with E-state index in [0.717, 1.165) is 0 Å². The van der Waals surface area contributed by atoms with Crippen LogP contribution in [0.25, 0.3) is 0 Å². The van der Waals surface area contributed by atoms with E-state index < -0.39 is 8.32 Å². The summed E-state index contributed by atoms with van der Waals surface area (Å²) in [4.78, 5) is 11.9. The number of carbonyl (C=O) groups is 1. The molecule has 1 saturated carbocycles. The van der Waals surface area contributed by atoms with Gasteiger partial charge in [0.15, 0.2) is 8.32 Å². The number of carbonyl (C=O) groups excluding carboxylic acids is 1. The standard InChI is InChI=1S/C17H34O3Si/c1-16(2,3)21(6,7)20-17(4,13-15(18)19-5)14-11-9-8-10-12-14/h14H,8-13H2,1-7H3/t17-/m0/s1. The van der Waals surface area contributed by atoms with Crippen LogP contribution in [0, 0.1) is 5.92 Å². The van der Waals surface area contributed by atoms with Gasteiger partial charge >= 0.3 is 5.97 Å². The summed E-state index contributed by atoms with van der Waals surface area (Å²) in [5, 5.41) is 0.152. The predicted octanol–water partition coefficient (Wildman–Crippen LogP) is 4.91. The fourth-order valence-corrected chi connectivity index (χ4v) is 4.78. The zero-order valence-electron chi connectivity index (χ0n) is 15.0. The first-order chi connectivity index (χ1) is 9.52. The van der Waals surface area contributed by atoms with Gasteiger partial charge in [-0.15, -0.1) is 0 Å². The Hall–Kier alpha value is -0.353. The molecule has 0 aliphatic heterocycles. The molecular formula is C17H34O3Si. The second-order valence-electron chi connectivity index (χ2n) is 8.26. The topological polar surface area (TPSA) is 35.5 Å². The van der Waals surface area contributed by atoms with Crippen molar-refractivity contribution >= 4 is 14.3 Å². The van der Waals surface area contributed by atoms with E-state index in [2.05, 4.69) is 40.8 Å². The van der Waals surface area contributed by atoms with Crippen molar-refractivity contribution in [1.82, 2.24) is 0 Å². The summed E-state index contributed by atoms with van der Waals surface area (Å²) in [5.74, 6) is 0.321. The van der Waals surface area contributed by atoms with Crippen LogP contribution in [0.1, 0.15) is 66.2 Å². The lowest BCUT2D eigenvalue weighted by atomic mass is 9.76. The van der Waals surface area contributed by atoms with Crippen LogP contribution in [0.5, 0.6) is 0 Å². The molecule has 1 rings (SSSR count). The maximum absolute atomic E-state index is 11.9. The van der Waals surface area contributed by atoms with Crippen molar-refractivity contribution in [1.29, 1.82) is 0 Å². The summed E-state index contributed by atoms with van der Waals surface area (Å²) in [6.07, 6.45) is 6.53. The van der Waals surface area contributed by atoms with Crippen LogP contribution in [-0.2, 0) is 14.0 Å². The van der Waals surface area contributed by atoms with Crippen LogP contribution in [-0.4, -0.2) is 27.0 Å². The Kier molecular flexibility index (Phi) is 6.07. The average Bonchev–Trinajstić information content (AvgIpc) is 2.37. The summed E-state index contributed by atoms with van der Waals surface area (Å²) >= 11 is 0. The third kappa shape index (κ3) is 4.81. The third-order valence-corrected chi connectivity index (χ3v) is 10.1. The summed E-state index contributed by atoms with van der Waals surface area (Å²) in [5.41, 5.74) is -0.378. The van der Waals surface area contributed by atoms with Crippen molar-refractivity contribution in [3.8, 4) is 0 Å². The van der Waals surface area contributed by atoms with Gasteiger partial charge in [0.25, 0.3) is 0 Å². The SMILES string of the molecule is COC(=O)C[C@](C)(O[Si](C)(C)C(C)(C)C)C1CCCCC1. The molecule has 3 nitrogen and oxygen atoms in total. The highest BCUT2D eigenvalue weighted by Crippen LogP contribution is 2.45. The van der Waals surface area contributed by atoms with E-state index in [-0.39, 0.29) is 16.6 Å². The monoisotopic (exact) mass is 314 g/mol. The van der Waals surface area contributed by atoms with Gasteiger partial charge in [0.1, 0.15) is 0 Å². The van der Waals surface area contributed by atoms with E-state index in [4.69, 9.17) is 9.16 Å². The van der Waals surface area contributed by atoms with E-state index >= 15 is 0 Å². The lowest BCUT2D eigenvalue weighted by Gasteiger charge is -2.48. The van der Waals surface area contributed by atoms with Gasteiger partial charge in [0.2, 0.25) is 0 Å². The lowest BCUT2D eigenvalue weighted by molar-refractivity contribution is -0.147. The molecule has 0 amide bonds. The van der Waals surface area contributed by atoms with Gasteiger partial charge in [-0.2, -0.15) is 0 Å². The van der Waals surface area contributed by atoms with Gasteiger partial charge in [0, 0.05) is 0 Å². The van der Waals surface area contributed by atoms with Crippen LogP contribution >= 0.6 is 0 Å². The first kappa shape index (κ1) is 18.7. The first-order valence-corrected chi connectivity index (χ1v) is 11.2. The highest BCUT2D eigenvalue weighted by Gasteiger charge is 2.47. The number of esters is 1. The molecule has 4 heteroatoms. The van der Waals surface area contributed by atoms with Crippen LogP contribution in [0.15, 0.2) is 0 Å². The van der Waals surface area contributed by atoms with Gasteiger partial charge in [-0.25, -0.2) is 0 Å². The summed E-state index contributed by atoms with van der Waals surface area (Å²) in [7, 11) is -0.443. The minimum atomic E-state index is -1.91. The van der Waals surface area contributed by atoms with Crippen molar-refractivity contribution in [3.63, 3.8) is 0 Å². The highest BCUT2D eigenvalue weighted by molar-refractivity contribution is 6.74. The molecule has 21 heavy (non-hydrogen) atoms. The summed E-state index contributed by atoms with van der Waals surface area (Å²) in [6.45, 7) is 13.4. The van der Waals surface area contributed by atoms with Gasteiger partial charge < -0.3 is 9.16 Å². The van der Waals surface area contributed by atoms with Crippen molar-refractivity contribution < 1.29 is 14.0 Å². The molecule has 0 aromatic carbocycles. The van der Waals surface area contributed by atoms with Gasteiger partial charge in [-0.3, -0.25) is 4.79 Å². The molecule has 1 fully saturated rings. The van der Waals surface area contributed by atoms with Gasteiger partial charge in [0.05, 0.1) is 19.1 Å². The Bertz CT molecular complexity index is 354. The predicted molar refractivity (Wildman–Crippen MR) is 89.9 cm³/mol. The largest absolute Gasteiger partial charge is 0.469 e. The van der Waals surface area contributed by atoms with E-state index in [1.54, 1.807) is 0 Å². The molecule has 0 heterocycles. The summed E-state index contributed by atoms with van der Waals surface area (Å²) in [6, 6.07) is 0. The van der Waals surface area contributed by atoms with Crippen LogP contribution in [0.4, 0.5) is 0 Å². The fourth-order valence-electron chi connectivity index (χ4n) is 3.07. The first-order valence-electron chi connectivity index (χ1n) is 8.29. The summed E-state index contributed by atoms with van der Waals surface area (Å²) < 4.78 is 11.7. The molecule has 0 spiro atoms. The minimum absolute atomic E-state index is 0.151. The van der Waals surface area contributed by atoms with E-state index in [1.807, 2.05) is 0 Å². The average molecular weight is 315 g/mol. The molecular weight excluding hydrogens is 280 g/mol. The maximum Gasteiger partial charge on any atom is 0.308 e. The highest BCUT2D eigenvalue weighted by atomic mass is 28.4. The minimum Gasteiger partial charge on any atom is -0.469 e. The van der Waals surface area contributed by atoms with Crippen molar-refractivity contribution in [2.75, 3.05) is 7.11 Å². The number of ether oxygens (including phenoxy) is 1. The molecule has 1 atom stereocenters. The Balaban J connectivity index is 2.98. The molecule has 0 bridgehead atoms. The molecule has 0 aromatic rings. The smallest absolute Gasteiger partial charge is 0.308 e. The quantitative estimate of drug-likeness (QED) is 0.534. The van der Waals surface area contributed by atoms with E-state index in [0.29, 0.717) is 12.3 Å². The van der Waals surface area contributed by atoms with Crippen molar-refractivity contribution in [3.05, 3.63) is 0 Å². The molecule has 124 valence electrons. The second kappa shape index (κ2) is 6.82. The van der Waals surface area contributed by atoms with Crippen molar-refractivity contribution in [2.24, 2.45) is 5.92 Å².